The van der Waals surface area contributed by atoms with Crippen LogP contribution in [0.5, 0.6) is 11.5 Å². The number of ether oxygens (including phenoxy) is 2. The Morgan fingerprint density at radius 2 is 1.76 bits per heavy atom. The van der Waals surface area contributed by atoms with Crippen molar-refractivity contribution in [3.8, 4) is 22.1 Å². The molecule has 0 aliphatic rings. The molecule has 2 aromatic rings. The summed E-state index contributed by atoms with van der Waals surface area (Å²) in [6, 6.07) is 5.64. The monoisotopic (exact) mass is 250 g/mol. The minimum absolute atomic E-state index is 0.716. The lowest BCUT2D eigenvalue weighted by molar-refractivity contribution is 0.397. The van der Waals surface area contributed by atoms with Crippen LogP contribution in [0.25, 0.3) is 10.6 Å². The van der Waals surface area contributed by atoms with Gasteiger partial charge in [0.15, 0.2) is 0 Å². The summed E-state index contributed by atoms with van der Waals surface area (Å²) in [7, 11) is 3.25. The average molecular weight is 250 g/mol. The van der Waals surface area contributed by atoms with Gasteiger partial charge in [-0.3, -0.25) is 0 Å². The molecule has 0 unspecified atom stereocenters. The first kappa shape index (κ1) is 11.7. The molecule has 0 fully saturated rings. The van der Waals surface area contributed by atoms with E-state index in [1.807, 2.05) is 25.1 Å². The van der Waals surface area contributed by atoms with Crippen molar-refractivity contribution in [3.63, 3.8) is 0 Å². The van der Waals surface area contributed by atoms with Crippen LogP contribution in [0.15, 0.2) is 18.2 Å². The number of aryl methyl sites for hydroxylation is 1. The molecule has 2 rings (SSSR count). The smallest absolute Gasteiger partial charge is 0.133 e. The van der Waals surface area contributed by atoms with Crippen LogP contribution in [0.4, 0.5) is 5.00 Å². The summed E-state index contributed by atoms with van der Waals surface area (Å²) in [6.45, 7) is 1.89. The first-order chi connectivity index (χ1) is 8.17. The molecule has 1 aromatic heterocycles. The van der Waals surface area contributed by atoms with Crippen molar-refractivity contribution < 1.29 is 9.47 Å². The van der Waals surface area contributed by atoms with E-state index >= 15 is 0 Å². The van der Waals surface area contributed by atoms with Crippen molar-refractivity contribution in [1.29, 1.82) is 0 Å². The molecule has 0 bridgehead atoms. The molecule has 1 aromatic carbocycles. The largest absolute Gasteiger partial charge is 0.496 e. The number of anilines is 1. The Balaban J connectivity index is 2.63. The summed E-state index contributed by atoms with van der Waals surface area (Å²) in [6.07, 6.45) is 0. The van der Waals surface area contributed by atoms with Crippen molar-refractivity contribution in [2.75, 3.05) is 20.0 Å². The molecule has 1 heterocycles. The Bertz CT molecular complexity index is 496. The van der Waals surface area contributed by atoms with Gasteiger partial charge in [-0.15, -0.1) is 0 Å². The van der Waals surface area contributed by atoms with Crippen molar-refractivity contribution in [2.45, 2.75) is 6.92 Å². The number of hydrogen-bond acceptors (Lipinski definition) is 5. The maximum atomic E-state index is 5.84. The second kappa shape index (κ2) is 4.63. The second-order valence-corrected chi connectivity index (χ2v) is 4.54. The summed E-state index contributed by atoms with van der Waals surface area (Å²) in [5.41, 5.74) is 7.52. The lowest BCUT2D eigenvalue weighted by Crippen LogP contribution is -1.92. The van der Waals surface area contributed by atoms with Crippen molar-refractivity contribution in [2.24, 2.45) is 0 Å². The van der Waals surface area contributed by atoms with Crippen LogP contribution in [0, 0.1) is 6.92 Å². The van der Waals surface area contributed by atoms with Gasteiger partial charge in [0.25, 0.3) is 0 Å². The summed E-state index contributed by atoms with van der Waals surface area (Å²) in [4.78, 5) is 4.43. The van der Waals surface area contributed by atoms with Gasteiger partial charge in [0.05, 0.1) is 25.5 Å². The highest BCUT2D eigenvalue weighted by molar-refractivity contribution is 7.19. The van der Waals surface area contributed by atoms with Crippen LogP contribution in [0.2, 0.25) is 0 Å². The number of benzene rings is 1. The first-order valence-corrected chi connectivity index (χ1v) is 5.93. The van der Waals surface area contributed by atoms with E-state index in [-0.39, 0.29) is 0 Å². The lowest BCUT2D eigenvalue weighted by atomic mass is 10.2. The number of nitrogens with zero attached hydrogens (tertiary/aromatic N) is 1. The van der Waals surface area contributed by atoms with Gasteiger partial charge in [-0.1, -0.05) is 17.4 Å². The quantitative estimate of drug-likeness (QED) is 0.910. The number of rotatable bonds is 3. The third-order valence-electron chi connectivity index (χ3n) is 2.47. The molecule has 0 aliphatic carbocycles. The highest BCUT2D eigenvalue weighted by Crippen LogP contribution is 2.41. The molecule has 17 heavy (non-hydrogen) atoms. The number of hydrogen-bond donors (Lipinski definition) is 1. The maximum Gasteiger partial charge on any atom is 0.133 e. The predicted octanol–water partition coefficient (Wildman–Crippen LogP) is 2.72. The van der Waals surface area contributed by atoms with Crippen LogP contribution < -0.4 is 15.2 Å². The normalized spacial score (nSPS) is 10.3. The fraction of sp³-hybridized carbons (Fsp3) is 0.250. The van der Waals surface area contributed by atoms with Crippen molar-refractivity contribution in [3.05, 3.63) is 23.9 Å². The van der Waals surface area contributed by atoms with Gasteiger partial charge >= 0.3 is 0 Å². The van der Waals surface area contributed by atoms with Crippen LogP contribution in [-0.2, 0) is 0 Å². The number of methoxy groups -OCH3 is 2. The summed E-state index contributed by atoms with van der Waals surface area (Å²) in [5, 5.41) is 1.53. The summed E-state index contributed by atoms with van der Waals surface area (Å²) < 4.78 is 10.7. The zero-order valence-electron chi connectivity index (χ0n) is 9.98. The zero-order valence-corrected chi connectivity index (χ0v) is 10.8. The van der Waals surface area contributed by atoms with Crippen LogP contribution in [0.3, 0.4) is 0 Å². The number of aromatic nitrogens is 1. The van der Waals surface area contributed by atoms with E-state index in [1.165, 1.54) is 11.3 Å². The van der Waals surface area contributed by atoms with Crippen LogP contribution in [0.1, 0.15) is 5.69 Å². The van der Waals surface area contributed by atoms with Gasteiger partial charge in [-0.2, -0.15) is 0 Å². The topological polar surface area (TPSA) is 57.4 Å². The van der Waals surface area contributed by atoms with E-state index in [2.05, 4.69) is 4.98 Å². The minimum Gasteiger partial charge on any atom is -0.496 e. The SMILES string of the molecule is COc1cccc(OC)c1-c1nc(C)c(N)s1. The van der Waals surface area contributed by atoms with Gasteiger partial charge in [0.1, 0.15) is 21.5 Å². The fourth-order valence-corrected chi connectivity index (χ4v) is 2.46. The van der Waals surface area contributed by atoms with Crippen molar-refractivity contribution >= 4 is 16.3 Å². The molecule has 0 spiro atoms. The molecule has 0 saturated carbocycles. The Kier molecular flexibility index (Phi) is 3.19. The van der Waals surface area contributed by atoms with Gasteiger partial charge in [0, 0.05) is 0 Å². The Hall–Kier alpha value is -1.75. The molecule has 0 amide bonds. The van der Waals surface area contributed by atoms with Crippen LogP contribution >= 0.6 is 11.3 Å². The lowest BCUT2D eigenvalue weighted by Gasteiger charge is -2.10. The molecule has 90 valence electrons. The minimum atomic E-state index is 0.716. The van der Waals surface area contributed by atoms with Crippen LogP contribution in [-0.4, -0.2) is 19.2 Å². The third kappa shape index (κ3) is 2.06. The standard InChI is InChI=1S/C12H14N2O2S/c1-7-11(13)17-12(14-7)10-8(15-2)5-4-6-9(10)16-3/h4-6H,13H2,1-3H3. The Labute approximate surface area is 104 Å². The Morgan fingerprint density at radius 1 is 1.18 bits per heavy atom. The number of nitrogens with two attached hydrogens (primary N) is 1. The molecular formula is C12H14N2O2S. The van der Waals surface area contributed by atoms with Crippen molar-refractivity contribution in [1.82, 2.24) is 4.98 Å². The average Bonchev–Trinajstić information content (AvgIpc) is 2.68. The molecule has 4 nitrogen and oxygen atoms in total. The van der Waals surface area contributed by atoms with E-state index < -0.39 is 0 Å². The van der Waals surface area contributed by atoms with E-state index in [1.54, 1.807) is 14.2 Å². The first-order valence-electron chi connectivity index (χ1n) is 5.11. The van der Waals surface area contributed by atoms with E-state index in [9.17, 15) is 0 Å². The molecule has 0 atom stereocenters. The predicted molar refractivity (Wildman–Crippen MR) is 69.8 cm³/mol. The second-order valence-electron chi connectivity index (χ2n) is 3.51. The molecule has 0 saturated heterocycles. The molecule has 2 N–H and O–H groups in total. The summed E-state index contributed by atoms with van der Waals surface area (Å²) in [5.74, 6) is 1.47. The molecular weight excluding hydrogens is 236 g/mol. The van der Waals surface area contributed by atoms with Gasteiger partial charge in [-0.25, -0.2) is 4.98 Å². The zero-order chi connectivity index (χ0) is 12.4. The fourth-order valence-electron chi connectivity index (χ4n) is 1.58. The number of nitrogen functional groups attached to an aromatic ring is 1. The highest BCUT2D eigenvalue weighted by atomic mass is 32.1. The van der Waals surface area contributed by atoms with E-state index in [0.29, 0.717) is 5.00 Å². The highest BCUT2D eigenvalue weighted by Gasteiger charge is 2.16. The maximum absolute atomic E-state index is 5.84. The third-order valence-corrected chi connectivity index (χ3v) is 3.48. The van der Waals surface area contributed by atoms with Gasteiger partial charge in [-0.05, 0) is 19.1 Å². The van der Waals surface area contributed by atoms with E-state index in [4.69, 9.17) is 15.2 Å². The van der Waals surface area contributed by atoms with Gasteiger partial charge in [0.2, 0.25) is 0 Å². The van der Waals surface area contributed by atoms with E-state index in [0.717, 1.165) is 27.8 Å². The molecule has 0 aliphatic heterocycles. The molecule has 0 radical (unpaired) electrons. The Morgan fingerprint density at radius 3 is 2.18 bits per heavy atom. The number of thiazole rings is 1. The van der Waals surface area contributed by atoms with Gasteiger partial charge < -0.3 is 15.2 Å². The molecule has 5 heteroatoms. The summed E-state index contributed by atoms with van der Waals surface area (Å²) >= 11 is 1.43.